The van der Waals surface area contributed by atoms with Crippen LogP contribution < -0.4 is 10.6 Å². The number of anilines is 1. The fraction of sp³-hybridized carbons (Fsp3) is 0.533. The Labute approximate surface area is 125 Å². The first kappa shape index (κ1) is 14.0. The predicted octanol–water partition coefficient (Wildman–Crippen LogP) is 1.66. The molecule has 0 radical (unpaired) electrons. The molecule has 3 heterocycles. The fourth-order valence-corrected chi connectivity index (χ4v) is 2.76. The van der Waals surface area contributed by atoms with Crippen molar-refractivity contribution in [3.8, 4) is 0 Å². The maximum absolute atomic E-state index is 4.49. The van der Waals surface area contributed by atoms with E-state index in [9.17, 15) is 0 Å². The van der Waals surface area contributed by atoms with Gasteiger partial charge in [-0.05, 0) is 18.9 Å². The van der Waals surface area contributed by atoms with Crippen LogP contribution in [-0.2, 0) is 20.0 Å². The molecule has 6 heteroatoms. The van der Waals surface area contributed by atoms with Crippen LogP contribution in [0.5, 0.6) is 0 Å². The molecule has 3 rings (SSSR count). The lowest BCUT2D eigenvalue weighted by Gasteiger charge is -2.25. The average Bonchev–Trinajstić information content (AvgIpc) is 2.90. The molecule has 1 aliphatic rings. The van der Waals surface area contributed by atoms with Crippen LogP contribution in [-0.4, -0.2) is 26.1 Å². The summed E-state index contributed by atoms with van der Waals surface area (Å²) in [5.41, 5.74) is 2.33. The van der Waals surface area contributed by atoms with Gasteiger partial charge >= 0.3 is 0 Å². The number of aromatic nitrogens is 4. The number of fused-ring (bicyclic) bond motifs is 1. The van der Waals surface area contributed by atoms with Gasteiger partial charge in [-0.1, -0.05) is 13.8 Å². The quantitative estimate of drug-likeness (QED) is 0.895. The van der Waals surface area contributed by atoms with Gasteiger partial charge < -0.3 is 15.2 Å². The number of hydrogen-bond acceptors (Lipinski definition) is 5. The van der Waals surface area contributed by atoms with Crippen molar-refractivity contribution in [2.24, 2.45) is 13.0 Å². The molecule has 112 valence electrons. The minimum atomic E-state index is 0.138. The Morgan fingerprint density at radius 1 is 1.29 bits per heavy atom. The molecule has 0 fully saturated rings. The Bertz CT molecular complexity index is 618. The molecule has 0 saturated heterocycles. The normalized spacial score (nSPS) is 15.8. The molecule has 2 aromatic rings. The third-order valence-electron chi connectivity index (χ3n) is 3.97. The van der Waals surface area contributed by atoms with Crippen molar-refractivity contribution in [3.63, 3.8) is 0 Å². The minimum Gasteiger partial charge on any atom is -0.360 e. The van der Waals surface area contributed by atoms with E-state index in [0.29, 0.717) is 5.92 Å². The first-order valence-electron chi connectivity index (χ1n) is 7.44. The Morgan fingerprint density at radius 3 is 2.86 bits per heavy atom. The van der Waals surface area contributed by atoms with Crippen molar-refractivity contribution in [3.05, 3.63) is 35.8 Å². The SMILES string of the molecule is CC(C)[C@H](Nc1ncnc2c1CCNC2)c1nccn1C. The largest absolute Gasteiger partial charge is 0.360 e. The Hall–Kier alpha value is -1.95. The molecular formula is C15H22N6. The van der Waals surface area contributed by atoms with E-state index in [2.05, 4.69) is 44.0 Å². The van der Waals surface area contributed by atoms with Gasteiger partial charge in [-0.15, -0.1) is 0 Å². The molecule has 0 aliphatic carbocycles. The van der Waals surface area contributed by atoms with Crippen molar-refractivity contribution in [1.82, 2.24) is 24.8 Å². The van der Waals surface area contributed by atoms with Crippen molar-refractivity contribution >= 4 is 5.82 Å². The van der Waals surface area contributed by atoms with E-state index < -0.39 is 0 Å². The predicted molar refractivity (Wildman–Crippen MR) is 81.9 cm³/mol. The second-order valence-electron chi connectivity index (χ2n) is 5.84. The smallest absolute Gasteiger partial charge is 0.133 e. The maximum atomic E-state index is 4.49. The van der Waals surface area contributed by atoms with Crippen molar-refractivity contribution in [2.45, 2.75) is 32.9 Å². The van der Waals surface area contributed by atoms with E-state index >= 15 is 0 Å². The molecule has 2 aromatic heterocycles. The molecule has 0 bridgehead atoms. The number of imidazole rings is 1. The molecular weight excluding hydrogens is 264 g/mol. The van der Waals surface area contributed by atoms with Crippen molar-refractivity contribution < 1.29 is 0 Å². The highest BCUT2D eigenvalue weighted by Crippen LogP contribution is 2.27. The first-order valence-corrected chi connectivity index (χ1v) is 7.44. The van der Waals surface area contributed by atoms with Gasteiger partial charge in [-0.2, -0.15) is 0 Å². The Balaban J connectivity index is 1.92. The Kier molecular flexibility index (Phi) is 3.88. The summed E-state index contributed by atoms with van der Waals surface area (Å²) in [4.78, 5) is 13.3. The van der Waals surface area contributed by atoms with Gasteiger partial charge in [0, 0.05) is 31.5 Å². The minimum absolute atomic E-state index is 0.138. The van der Waals surface area contributed by atoms with Crippen LogP contribution in [0.15, 0.2) is 18.7 Å². The van der Waals surface area contributed by atoms with Gasteiger partial charge in [0.1, 0.15) is 18.0 Å². The van der Waals surface area contributed by atoms with E-state index in [1.807, 2.05) is 19.4 Å². The fourth-order valence-electron chi connectivity index (χ4n) is 2.76. The number of aryl methyl sites for hydroxylation is 1. The molecule has 0 saturated carbocycles. The van der Waals surface area contributed by atoms with Gasteiger partial charge in [0.05, 0.1) is 11.7 Å². The lowest BCUT2D eigenvalue weighted by atomic mass is 10.0. The topological polar surface area (TPSA) is 67.7 Å². The summed E-state index contributed by atoms with van der Waals surface area (Å²) in [5, 5.41) is 6.93. The first-order chi connectivity index (χ1) is 10.2. The number of nitrogens with one attached hydrogen (secondary N) is 2. The van der Waals surface area contributed by atoms with Crippen molar-refractivity contribution in [1.29, 1.82) is 0 Å². The van der Waals surface area contributed by atoms with E-state index in [4.69, 9.17) is 0 Å². The summed E-state index contributed by atoms with van der Waals surface area (Å²) < 4.78 is 2.06. The van der Waals surface area contributed by atoms with Crippen LogP contribution in [0.3, 0.4) is 0 Å². The lowest BCUT2D eigenvalue weighted by Crippen LogP contribution is -2.28. The van der Waals surface area contributed by atoms with Crippen LogP contribution in [0.25, 0.3) is 0 Å². The second-order valence-corrected chi connectivity index (χ2v) is 5.84. The number of rotatable bonds is 4. The van der Waals surface area contributed by atoms with Gasteiger partial charge in [-0.25, -0.2) is 15.0 Å². The van der Waals surface area contributed by atoms with E-state index in [-0.39, 0.29) is 6.04 Å². The van der Waals surface area contributed by atoms with Crippen LogP contribution in [0.1, 0.15) is 37.0 Å². The zero-order valence-electron chi connectivity index (χ0n) is 12.8. The number of hydrogen-bond donors (Lipinski definition) is 2. The van der Waals surface area contributed by atoms with E-state index in [0.717, 1.165) is 36.8 Å². The molecule has 0 amide bonds. The van der Waals surface area contributed by atoms with Gasteiger partial charge in [0.15, 0.2) is 0 Å². The van der Waals surface area contributed by atoms with Crippen LogP contribution in [0.4, 0.5) is 5.82 Å². The lowest BCUT2D eigenvalue weighted by molar-refractivity contribution is 0.504. The monoisotopic (exact) mass is 286 g/mol. The van der Waals surface area contributed by atoms with Crippen LogP contribution >= 0.6 is 0 Å². The summed E-state index contributed by atoms with van der Waals surface area (Å²) in [7, 11) is 2.03. The molecule has 1 aliphatic heterocycles. The van der Waals surface area contributed by atoms with Crippen LogP contribution in [0, 0.1) is 5.92 Å². The summed E-state index contributed by atoms with van der Waals surface area (Å²) in [6, 6.07) is 0.138. The summed E-state index contributed by atoms with van der Waals surface area (Å²) in [6.07, 6.45) is 6.42. The average molecular weight is 286 g/mol. The van der Waals surface area contributed by atoms with Crippen molar-refractivity contribution in [2.75, 3.05) is 11.9 Å². The summed E-state index contributed by atoms with van der Waals surface area (Å²) in [5.74, 6) is 2.40. The number of nitrogens with zero attached hydrogens (tertiary/aromatic N) is 4. The molecule has 6 nitrogen and oxygen atoms in total. The van der Waals surface area contributed by atoms with Gasteiger partial charge in [0.2, 0.25) is 0 Å². The Morgan fingerprint density at radius 2 is 2.14 bits per heavy atom. The molecule has 0 aromatic carbocycles. The molecule has 0 unspecified atom stereocenters. The zero-order chi connectivity index (χ0) is 14.8. The molecule has 21 heavy (non-hydrogen) atoms. The van der Waals surface area contributed by atoms with Gasteiger partial charge in [0.25, 0.3) is 0 Å². The highest BCUT2D eigenvalue weighted by molar-refractivity contribution is 5.48. The second kappa shape index (κ2) is 5.81. The third-order valence-corrected chi connectivity index (χ3v) is 3.97. The summed E-state index contributed by atoms with van der Waals surface area (Å²) >= 11 is 0. The van der Waals surface area contributed by atoms with E-state index in [1.54, 1.807) is 6.33 Å². The van der Waals surface area contributed by atoms with E-state index in [1.165, 1.54) is 5.56 Å². The summed E-state index contributed by atoms with van der Waals surface area (Å²) in [6.45, 7) is 6.19. The standard InChI is InChI=1S/C15H22N6/c1-10(2)13(15-17-6-7-21(15)3)20-14-11-4-5-16-8-12(11)18-9-19-14/h6-7,9-10,13,16H,4-5,8H2,1-3H3,(H,18,19,20)/t13-/m0/s1. The molecule has 0 spiro atoms. The maximum Gasteiger partial charge on any atom is 0.133 e. The van der Waals surface area contributed by atoms with Crippen LogP contribution in [0.2, 0.25) is 0 Å². The molecule has 2 N–H and O–H groups in total. The highest BCUT2D eigenvalue weighted by atomic mass is 15.1. The van der Waals surface area contributed by atoms with Gasteiger partial charge in [-0.3, -0.25) is 0 Å². The zero-order valence-corrected chi connectivity index (χ0v) is 12.8. The molecule has 1 atom stereocenters. The highest BCUT2D eigenvalue weighted by Gasteiger charge is 2.23. The third kappa shape index (κ3) is 2.76.